The van der Waals surface area contributed by atoms with E-state index in [0.717, 1.165) is 12.1 Å². The van der Waals surface area contributed by atoms with Crippen LogP contribution in [0.1, 0.15) is 32.4 Å². The first kappa shape index (κ1) is 11.5. The van der Waals surface area contributed by atoms with Gasteiger partial charge in [0.2, 0.25) is 0 Å². The van der Waals surface area contributed by atoms with E-state index in [-0.39, 0.29) is 0 Å². The van der Waals surface area contributed by atoms with Gasteiger partial charge in [0, 0.05) is 6.20 Å². The van der Waals surface area contributed by atoms with E-state index in [1.54, 1.807) is 6.20 Å². The topological polar surface area (TPSA) is 28.7 Å². The van der Waals surface area contributed by atoms with Crippen LogP contribution in [0, 0.1) is 0 Å². The summed E-state index contributed by atoms with van der Waals surface area (Å²) in [6, 6.07) is 1.95. The van der Waals surface area contributed by atoms with E-state index in [0.29, 0.717) is 0 Å². The number of aromatic nitrogens is 2. The molecule has 0 fully saturated rings. The van der Waals surface area contributed by atoms with Crippen molar-refractivity contribution in [2.45, 2.75) is 26.7 Å². The minimum atomic E-state index is 1.04. The molecule has 1 aromatic heterocycles. The van der Waals surface area contributed by atoms with Gasteiger partial charge in [-0.15, -0.1) is 0 Å². The summed E-state index contributed by atoms with van der Waals surface area (Å²) in [4.78, 5) is 0. The highest BCUT2D eigenvalue weighted by molar-refractivity contribution is 5.51. The second-order valence-electron chi connectivity index (χ2n) is 3.03. The minimum Gasteiger partial charge on any atom is -0.278 e. The van der Waals surface area contributed by atoms with Gasteiger partial charge < -0.3 is 0 Å². The van der Waals surface area contributed by atoms with Gasteiger partial charge in [0.05, 0.1) is 5.69 Å². The van der Waals surface area contributed by atoms with Crippen molar-refractivity contribution in [3.63, 3.8) is 0 Å². The number of hydrogen-bond donors (Lipinski definition) is 1. The Morgan fingerprint density at radius 3 is 2.73 bits per heavy atom. The molecule has 0 spiro atoms. The SMILES string of the molecule is C1=CC(/C=C/c2ccn[nH]2)=CCC1.CC. The number of aromatic amines is 1. The molecule has 15 heavy (non-hydrogen) atoms. The summed E-state index contributed by atoms with van der Waals surface area (Å²) in [5.74, 6) is 0. The Morgan fingerprint density at radius 1 is 1.27 bits per heavy atom. The molecule has 2 rings (SSSR count). The Labute approximate surface area is 91.4 Å². The van der Waals surface area contributed by atoms with Crippen molar-refractivity contribution in [2.24, 2.45) is 0 Å². The lowest BCUT2D eigenvalue weighted by Crippen LogP contribution is -1.80. The van der Waals surface area contributed by atoms with Gasteiger partial charge in [0.15, 0.2) is 0 Å². The van der Waals surface area contributed by atoms with Gasteiger partial charge in [-0.2, -0.15) is 5.10 Å². The number of nitrogens with one attached hydrogen (secondary N) is 1. The zero-order chi connectivity index (χ0) is 10.9. The van der Waals surface area contributed by atoms with Gasteiger partial charge in [-0.3, -0.25) is 5.10 Å². The summed E-state index contributed by atoms with van der Waals surface area (Å²) in [5.41, 5.74) is 2.32. The number of allylic oxidation sites excluding steroid dienone is 5. The molecule has 0 bridgehead atoms. The zero-order valence-electron chi connectivity index (χ0n) is 9.40. The molecule has 2 nitrogen and oxygen atoms in total. The molecule has 1 heterocycles. The third-order valence-corrected chi connectivity index (χ3v) is 2.00. The van der Waals surface area contributed by atoms with Crippen LogP contribution in [0.15, 0.2) is 42.1 Å². The second-order valence-corrected chi connectivity index (χ2v) is 3.03. The van der Waals surface area contributed by atoms with Gasteiger partial charge in [-0.25, -0.2) is 0 Å². The van der Waals surface area contributed by atoms with E-state index in [1.807, 2.05) is 26.0 Å². The highest BCUT2D eigenvalue weighted by atomic mass is 15.1. The smallest absolute Gasteiger partial charge is 0.0577 e. The average molecular weight is 202 g/mol. The molecule has 0 atom stereocenters. The lowest BCUT2D eigenvalue weighted by molar-refractivity contribution is 1.03. The van der Waals surface area contributed by atoms with Crippen molar-refractivity contribution < 1.29 is 0 Å². The van der Waals surface area contributed by atoms with Crippen LogP contribution >= 0.6 is 0 Å². The van der Waals surface area contributed by atoms with E-state index < -0.39 is 0 Å². The van der Waals surface area contributed by atoms with Crippen molar-refractivity contribution >= 4 is 6.08 Å². The fraction of sp³-hybridized carbons (Fsp3) is 0.308. The molecule has 0 saturated heterocycles. The van der Waals surface area contributed by atoms with Crippen LogP contribution in [0.25, 0.3) is 6.08 Å². The van der Waals surface area contributed by atoms with E-state index >= 15 is 0 Å². The lowest BCUT2D eigenvalue weighted by atomic mass is 10.1. The van der Waals surface area contributed by atoms with E-state index in [2.05, 4.69) is 34.5 Å². The number of rotatable bonds is 2. The van der Waals surface area contributed by atoms with E-state index in [9.17, 15) is 0 Å². The van der Waals surface area contributed by atoms with Gasteiger partial charge in [0.1, 0.15) is 0 Å². The molecule has 80 valence electrons. The normalized spacial score (nSPS) is 14.7. The van der Waals surface area contributed by atoms with Gasteiger partial charge in [0.25, 0.3) is 0 Å². The summed E-state index contributed by atoms with van der Waals surface area (Å²) >= 11 is 0. The quantitative estimate of drug-likeness (QED) is 0.777. The molecular formula is C13H18N2. The van der Waals surface area contributed by atoms with Crippen LogP contribution in [-0.4, -0.2) is 10.2 Å². The Kier molecular flexibility index (Phi) is 5.23. The van der Waals surface area contributed by atoms with Crippen LogP contribution in [0.2, 0.25) is 0 Å². The molecule has 1 aromatic rings. The summed E-state index contributed by atoms with van der Waals surface area (Å²) in [6.07, 6.45) is 14.8. The Bertz CT molecular complexity index is 343. The zero-order valence-corrected chi connectivity index (χ0v) is 9.40. The molecule has 0 radical (unpaired) electrons. The summed E-state index contributed by atoms with van der Waals surface area (Å²) < 4.78 is 0. The maximum atomic E-state index is 3.87. The molecule has 1 aliphatic rings. The first-order chi connectivity index (χ1) is 7.45. The standard InChI is InChI=1S/C11H12N2.C2H6/c1-2-4-10(5-3-1)6-7-11-8-9-12-13-11;1-2/h2,4-9H,1,3H2,(H,12,13);1-2H3/b7-6+;. The molecule has 2 heteroatoms. The maximum absolute atomic E-state index is 3.87. The fourth-order valence-corrected chi connectivity index (χ4v) is 1.30. The van der Waals surface area contributed by atoms with Crippen LogP contribution in [-0.2, 0) is 0 Å². The van der Waals surface area contributed by atoms with Crippen molar-refractivity contribution in [2.75, 3.05) is 0 Å². The highest BCUT2D eigenvalue weighted by Gasteiger charge is 1.92. The maximum Gasteiger partial charge on any atom is 0.0577 e. The first-order valence-corrected chi connectivity index (χ1v) is 5.49. The minimum absolute atomic E-state index is 1.04. The Balaban J connectivity index is 0.000000531. The highest BCUT2D eigenvalue weighted by Crippen LogP contribution is 2.11. The molecule has 0 amide bonds. The van der Waals surface area contributed by atoms with E-state index in [4.69, 9.17) is 0 Å². The van der Waals surface area contributed by atoms with Crippen LogP contribution < -0.4 is 0 Å². The predicted octanol–water partition coefficient (Wildman–Crippen LogP) is 3.73. The van der Waals surface area contributed by atoms with Crippen molar-refractivity contribution in [3.05, 3.63) is 47.8 Å². The molecule has 0 unspecified atom stereocenters. The number of hydrogen-bond acceptors (Lipinski definition) is 1. The lowest BCUT2D eigenvalue weighted by Gasteiger charge is -1.99. The number of H-pyrrole nitrogens is 1. The van der Waals surface area contributed by atoms with Crippen molar-refractivity contribution in [1.29, 1.82) is 0 Å². The summed E-state index contributed by atoms with van der Waals surface area (Å²) in [6.45, 7) is 4.00. The molecule has 0 aromatic carbocycles. The van der Waals surface area contributed by atoms with Gasteiger partial charge in [-0.1, -0.05) is 38.2 Å². The molecule has 1 N–H and O–H groups in total. The van der Waals surface area contributed by atoms with Crippen molar-refractivity contribution in [3.8, 4) is 0 Å². The average Bonchev–Trinajstić information content (AvgIpc) is 2.83. The van der Waals surface area contributed by atoms with Crippen LogP contribution in [0.4, 0.5) is 0 Å². The Morgan fingerprint density at radius 2 is 2.13 bits per heavy atom. The molecule has 0 aliphatic heterocycles. The number of nitrogens with zero attached hydrogens (tertiary/aromatic N) is 1. The monoisotopic (exact) mass is 202 g/mol. The summed E-state index contributed by atoms with van der Waals surface area (Å²) in [7, 11) is 0. The van der Waals surface area contributed by atoms with Crippen molar-refractivity contribution in [1.82, 2.24) is 10.2 Å². The van der Waals surface area contributed by atoms with Crippen LogP contribution in [0.3, 0.4) is 0 Å². The largest absolute Gasteiger partial charge is 0.278 e. The van der Waals surface area contributed by atoms with E-state index in [1.165, 1.54) is 12.0 Å². The third kappa shape index (κ3) is 3.98. The second kappa shape index (κ2) is 6.82. The molecule has 0 saturated carbocycles. The summed E-state index contributed by atoms with van der Waals surface area (Å²) in [5, 5.41) is 6.76. The molecule has 1 aliphatic carbocycles. The third-order valence-electron chi connectivity index (χ3n) is 2.00. The van der Waals surface area contributed by atoms with Gasteiger partial charge >= 0.3 is 0 Å². The fourth-order valence-electron chi connectivity index (χ4n) is 1.30. The predicted molar refractivity (Wildman–Crippen MR) is 65.4 cm³/mol. The molecular weight excluding hydrogens is 184 g/mol. The first-order valence-electron chi connectivity index (χ1n) is 5.49. The van der Waals surface area contributed by atoms with Gasteiger partial charge in [-0.05, 0) is 30.6 Å². The Hall–Kier alpha value is -1.57. The van der Waals surface area contributed by atoms with Crippen LogP contribution in [0.5, 0.6) is 0 Å².